The molecule has 2 amide bonds. The third-order valence-corrected chi connectivity index (χ3v) is 5.33. The second-order valence-electron chi connectivity index (χ2n) is 7.20. The van der Waals surface area contributed by atoms with Crippen LogP contribution in [0.4, 0.5) is 4.79 Å². The minimum absolute atomic E-state index is 0.0430. The van der Waals surface area contributed by atoms with Crippen LogP contribution in [0.3, 0.4) is 0 Å². The van der Waals surface area contributed by atoms with Gasteiger partial charge in [-0.1, -0.05) is 30.3 Å². The number of carbonyl (C=O) groups is 1. The van der Waals surface area contributed by atoms with E-state index in [1.165, 1.54) is 0 Å². The third-order valence-electron chi connectivity index (χ3n) is 5.33. The van der Waals surface area contributed by atoms with E-state index in [0.29, 0.717) is 19.6 Å². The van der Waals surface area contributed by atoms with E-state index in [2.05, 4.69) is 14.9 Å². The number of likely N-dealkylation sites (tertiary alicyclic amines) is 1. The van der Waals surface area contributed by atoms with Crippen molar-refractivity contribution in [3.05, 3.63) is 72.8 Å². The zero-order valence-electron chi connectivity index (χ0n) is 15.9. The minimum atomic E-state index is -0.0430. The summed E-state index contributed by atoms with van der Waals surface area (Å²) in [5.41, 5.74) is 3.68. The Kier molecular flexibility index (Phi) is 4.48. The number of hydrogen-bond acceptors (Lipinski definition) is 4. The Labute approximate surface area is 168 Å². The summed E-state index contributed by atoms with van der Waals surface area (Å²) in [6.07, 6.45) is 5.96. The van der Waals surface area contributed by atoms with Gasteiger partial charge >= 0.3 is 6.03 Å². The van der Waals surface area contributed by atoms with Gasteiger partial charge in [-0.05, 0) is 30.2 Å². The summed E-state index contributed by atoms with van der Waals surface area (Å²) in [5.74, 6) is 0.823. The molecule has 0 aliphatic carbocycles. The monoisotopic (exact) mass is 387 g/mol. The van der Waals surface area contributed by atoms with Crippen LogP contribution in [0.25, 0.3) is 22.6 Å². The molecule has 1 aromatic carbocycles. The third kappa shape index (κ3) is 3.35. The van der Waals surface area contributed by atoms with Crippen LogP contribution in [0, 0.1) is 0 Å². The van der Waals surface area contributed by atoms with Gasteiger partial charge in [-0.2, -0.15) is 0 Å². The van der Waals surface area contributed by atoms with Crippen LogP contribution in [0.15, 0.2) is 71.7 Å². The number of amides is 2. The minimum Gasteiger partial charge on any atom is -0.472 e. The molecule has 4 heterocycles. The summed E-state index contributed by atoms with van der Waals surface area (Å²) in [7, 11) is 0. The number of carbonyl (C=O) groups excluding carboxylic acids is 1. The first kappa shape index (κ1) is 17.5. The number of hydrogen-bond donors (Lipinski definition) is 1. The van der Waals surface area contributed by atoms with Crippen molar-refractivity contribution >= 4 is 17.2 Å². The molecule has 3 aromatic heterocycles. The van der Waals surface area contributed by atoms with Crippen LogP contribution < -0.4 is 5.32 Å². The SMILES string of the molecule is O=C(NCc1ccccc1)N1CC[C@@H](n2c(-c3ccoc3)nc3cccnc32)C1. The number of pyridine rings is 1. The van der Waals surface area contributed by atoms with Crippen LogP contribution in [0.1, 0.15) is 18.0 Å². The second-order valence-corrected chi connectivity index (χ2v) is 7.20. The lowest BCUT2D eigenvalue weighted by Crippen LogP contribution is -2.38. The van der Waals surface area contributed by atoms with E-state index in [4.69, 9.17) is 9.40 Å². The number of rotatable bonds is 4. The van der Waals surface area contributed by atoms with E-state index < -0.39 is 0 Å². The molecular formula is C22H21N5O2. The van der Waals surface area contributed by atoms with E-state index in [1.54, 1.807) is 18.7 Å². The lowest BCUT2D eigenvalue weighted by Gasteiger charge is -2.19. The van der Waals surface area contributed by atoms with Crippen LogP contribution >= 0.6 is 0 Å². The van der Waals surface area contributed by atoms with Gasteiger partial charge in [0, 0.05) is 25.8 Å². The average Bonchev–Trinajstić information content (AvgIpc) is 3.51. The molecule has 1 aliphatic heterocycles. The smallest absolute Gasteiger partial charge is 0.317 e. The second kappa shape index (κ2) is 7.43. The molecule has 7 heteroatoms. The molecule has 1 atom stereocenters. The largest absolute Gasteiger partial charge is 0.472 e. The molecule has 1 aliphatic rings. The van der Waals surface area contributed by atoms with Gasteiger partial charge in [-0.3, -0.25) is 0 Å². The standard InChI is InChI=1S/C22H21N5O2/c28-22(24-13-16-5-2-1-3-6-16)26-11-8-18(14-26)27-20(17-9-12-29-15-17)25-19-7-4-10-23-21(19)27/h1-7,9-10,12,15,18H,8,11,13-14H2,(H,24,28)/t18-/m1/s1. The maximum absolute atomic E-state index is 12.7. The fraction of sp³-hybridized carbons (Fsp3) is 0.227. The van der Waals surface area contributed by atoms with Gasteiger partial charge < -0.3 is 19.2 Å². The molecular weight excluding hydrogens is 366 g/mol. The number of aromatic nitrogens is 3. The van der Waals surface area contributed by atoms with Gasteiger partial charge in [0.2, 0.25) is 0 Å². The van der Waals surface area contributed by atoms with Crippen molar-refractivity contribution in [2.24, 2.45) is 0 Å². The number of urea groups is 1. The molecule has 1 N–H and O–H groups in total. The predicted octanol–water partition coefficient (Wildman–Crippen LogP) is 3.85. The fourth-order valence-electron chi connectivity index (χ4n) is 3.89. The van der Waals surface area contributed by atoms with Crippen molar-refractivity contribution in [3.63, 3.8) is 0 Å². The molecule has 29 heavy (non-hydrogen) atoms. The number of nitrogens with one attached hydrogen (secondary N) is 1. The van der Waals surface area contributed by atoms with Gasteiger partial charge in [-0.25, -0.2) is 14.8 Å². The predicted molar refractivity (Wildman–Crippen MR) is 109 cm³/mol. The lowest BCUT2D eigenvalue weighted by atomic mass is 10.2. The zero-order valence-corrected chi connectivity index (χ0v) is 15.9. The van der Waals surface area contributed by atoms with Gasteiger partial charge in [0.1, 0.15) is 17.6 Å². The Morgan fingerprint density at radius 3 is 2.90 bits per heavy atom. The van der Waals surface area contributed by atoms with Crippen molar-refractivity contribution in [1.82, 2.24) is 24.8 Å². The topological polar surface area (TPSA) is 76.2 Å². The summed E-state index contributed by atoms with van der Waals surface area (Å²) in [6, 6.07) is 15.7. The van der Waals surface area contributed by atoms with E-state index in [0.717, 1.165) is 34.5 Å². The van der Waals surface area contributed by atoms with Crippen LogP contribution in [-0.4, -0.2) is 38.6 Å². The van der Waals surface area contributed by atoms with Gasteiger partial charge in [-0.15, -0.1) is 0 Å². The highest BCUT2D eigenvalue weighted by atomic mass is 16.3. The zero-order chi connectivity index (χ0) is 19.6. The summed E-state index contributed by atoms with van der Waals surface area (Å²) in [5, 5.41) is 3.02. The number of nitrogens with zero attached hydrogens (tertiary/aromatic N) is 4. The molecule has 0 unspecified atom stereocenters. The Morgan fingerprint density at radius 2 is 2.07 bits per heavy atom. The highest BCUT2D eigenvalue weighted by Gasteiger charge is 2.31. The molecule has 7 nitrogen and oxygen atoms in total. The van der Waals surface area contributed by atoms with Crippen LogP contribution in [-0.2, 0) is 6.54 Å². The molecule has 4 aromatic rings. The first-order chi connectivity index (χ1) is 14.3. The van der Waals surface area contributed by atoms with Crippen molar-refractivity contribution in [2.75, 3.05) is 13.1 Å². The van der Waals surface area contributed by atoms with Crippen LogP contribution in [0.5, 0.6) is 0 Å². The van der Waals surface area contributed by atoms with E-state index in [9.17, 15) is 4.79 Å². The maximum Gasteiger partial charge on any atom is 0.317 e. The van der Waals surface area contributed by atoms with Crippen molar-refractivity contribution in [1.29, 1.82) is 0 Å². The first-order valence-electron chi connectivity index (χ1n) is 9.72. The van der Waals surface area contributed by atoms with Gasteiger partial charge in [0.25, 0.3) is 0 Å². The highest BCUT2D eigenvalue weighted by Crippen LogP contribution is 2.32. The summed E-state index contributed by atoms with van der Waals surface area (Å²) >= 11 is 0. The van der Waals surface area contributed by atoms with Crippen molar-refractivity contribution < 1.29 is 9.21 Å². The number of benzene rings is 1. The molecule has 0 spiro atoms. The van der Waals surface area contributed by atoms with E-state index >= 15 is 0 Å². The van der Waals surface area contributed by atoms with E-state index in [1.807, 2.05) is 53.4 Å². The number of fused-ring (bicyclic) bond motifs is 1. The van der Waals surface area contributed by atoms with Gasteiger partial charge in [0.05, 0.1) is 17.9 Å². The fourth-order valence-corrected chi connectivity index (χ4v) is 3.89. The summed E-state index contributed by atoms with van der Waals surface area (Å²) in [4.78, 5) is 23.9. The Balaban J connectivity index is 1.37. The maximum atomic E-state index is 12.7. The molecule has 0 saturated carbocycles. The van der Waals surface area contributed by atoms with Crippen molar-refractivity contribution in [3.8, 4) is 11.4 Å². The number of imidazole rings is 1. The Bertz CT molecular complexity index is 1120. The lowest BCUT2D eigenvalue weighted by molar-refractivity contribution is 0.207. The van der Waals surface area contributed by atoms with E-state index in [-0.39, 0.29) is 12.1 Å². The summed E-state index contributed by atoms with van der Waals surface area (Å²) < 4.78 is 7.41. The summed E-state index contributed by atoms with van der Waals surface area (Å²) in [6.45, 7) is 1.84. The van der Waals surface area contributed by atoms with Gasteiger partial charge in [0.15, 0.2) is 5.65 Å². The molecule has 0 radical (unpaired) electrons. The molecule has 0 bridgehead atoms. The molecule has 1 fully saturated rings. The van der Waals surface area contributed by atoms with Crippen molar-refractivity contribution in [2.45, 2.75) is 19.0 Å². The van der Waals surface area contributed by atoms with Crippen LogP contribution in [0.2, 0.25) is 0 Å². The highest BCUT2D eigenvalue weighted by molar-refractivity contribution is 5.78. The Hall–Kier alpha value is -3.61. The number of furan rings is 1. The average molecular weight is 387 g/mol. The molecule has 146 valence electrons. The normalized spacial score (nSPS) is 16.4. The Morgan fingerprint density at radius 1 is 1.17 bits per heavy atom. The molecule has 1 saturated heterocycles. The first-order valence-corrected chi connectivity index (χ1v) is 9.72. The quantitative estimate of drug-likeness (QED) is 0.577. The molecule has 5 rings (SSSR count).